The van der Waals surface area contributed by atoms with Crippen LogP contribution in [-0.4, -0.2) is 38.4 Å². The Morgan fingerprint density at radius 2 is 1.83 bits per heavy atom. The Balaban J connectivity index is 1.50. The Bertz CT molecular complexity index is 1370. The van der Waals surface area contributed by atoms with E-state index in [9.17, 15) is 22.4 Å². The van der Waals surface area contributed by atoms with Gasteiger partial charge in [0.25, 0.3) is 5.91 Å². The smallest absolute Gasteiger partial charge is 0.428 e. The molecule has 1 amide bonds. The second kappa shape index (κ2) is 10.3. The Labute approximate surface area is 202 Å². The minimum atomic E-state index is -4.68. The average molecular weight is 498 g/mol. The molecule has 12 heteroatoms. The number of carbonyl (C=O) groups is 1. The standard InChI is InChI=1S/C24H18F4N6O2/c1-14-5-6-16(32-21(35)15-3-2-4-17(11-15)36-24(27,28)22(25)26)12-19(14)34-23-31-8-7-18(33-23)20-13-29-9-10-30-20/h2-13,22H,1H3,(H,32,35)(H,31,33,34). The number of nitrogens with zero attached hydrogens (tertiary/aromatic N) is 4. The highest BCUT2D eigenvalue weighted by molar-refractivity contribution is 6.04. The molecule has 2 heterocycles. The first-order valence-electron chi connectivity index (χ1n) is 10.4. The third-order valence-electron chi connectivity index (χ3n) is 4.83. The van der Waals surface area contributed by atoms with Crippen LogP contribution in [0.15, 0.2) is 73.3 Å². The van der Waals surface area contributed by atoms with Crippen molar-refractivity contribution in [2.24, 2.45) is 0 Å². The van der Waals surface area contributed by atoms with Gasteiger partial charge in [0.2, 0.25) is 5.95 Å². The fourth-order valence-corrected chi connectivity index (χ4v) is 3.05. The predicted molar refractivity (Wildman–Crippen MR) is 123 cm³/mol. The zero-order valence-electron chi connectivity index (χ0n) is 18.6. The quantitative estimate of drug-likeness (QED) is 0.311. The summed E-state index contributed by atoms with van der Waals surface area (Å²) in [5.41, 5.74) is 2.86. The molecule has 36 heavy (non-hydrogen) atoms. The summed E-state index contributed by atoms with van der Waals surface area (Å²) < 4.78 is 55.3. The molecule has 2 aromatic heterocycles. The van der Waals surface area contributed by atoms with Crippen molar-refractivity contribution in [2.75, 3.05) is 10.6 Å². The molecule has 0 aliphatic rings. The predicted octanol–water partition coefficient (Wildman–Crippen LogP) is 5.47. The molecule has 8 nitrogen and oxygen atoms in total. The minimum absolute atomic E-state index is 0.0624. The van der Waals surface area contributed by atoms with Crippen LogP contribution in [0.25, 0.3) is 11.4 Å². The van der Waals surface area contributed by atoms with Crippen LogP contribution in [0.5, 0.6) is 5.75 Å². The van der Waals surface area contributed by atoms with Gasteiger partial charge in [0, 0.05) is 35.5 Å². The SMILES string of the molecule is Cc1ccc(NC(=O)c2cccc(OC(F)(F)C(F)F)c2)cc1Nc1nccc(-c2cnccn2)n1. The van der Waals surface area contributed by atoms with E-state index in [-0.39, 0.29) is 11.5 Å². The molecule has 0 radical (unpaired) electrons. The normalized spacial score (nSPS) is 11.3. The molecular formula is C24H18F4N6O2. The molecular weight excluding hydrogens is 480 g/mol. The van der Waals surface area contributed by atoms with Crippen LogP contribution in [0.2, 0.25) is 0 Å². The third kappa shape index (κ3) is 5.90. The molecule has 0 spiro atoms. The van der Waals surface area contributed by atoms with E-state index in [0.29, 0.717) is 22.8 Å². The lowest BCUT2D eigenvalue weighted by atomic mass is 10.1. The van der Waals surface area contributed by atoms with Crippen molar-refractivity contribution in [3.63, 3.8) is 0 Å². The second-order valence-corrected chi connectivity index (χ2v) is 7.46. The van der Waals surface area contributed by atoms with Gasteiger partial charge < -0.3 is 15.4 Å². The van der Waals surface area contributed by atoms with Gasteiger partial charge in [0.15, 0.2) is 0 Å². The monoisotopic (exact) mass is 498 g/mol. The largest absolute Gasteiger partial charge is 0.461 e. The summed E-state index contributed by atoms with van der Waals surface area (Å²) in [7, 11) is 0. The van der Waals surface area contributed by atoms with E-state index in [0.717, 1.165) is 17.7 Å². The van der Waals surface area contributed by atoms with Gasteiger partial charge in [-0.1, -0.05) is 12.1 Å². The first kappa shape index (κ1) is 24.5. The number of carbonyl (C=O) groups excluding carboxylic acids is 1. The highest BCUT2D eigenvalue weighted by Crippen LogP contribution is 2.28. The van der Waals surface area contributed by atoms with E-state index in [2.05, 4.69) is 35.3 Å². The van der Waals surface area contributed by atoms with Crippen LogP contribution in [0, 0.1) is 6.92 Å². The van der Waals surface area contributed by atoms with Crippen molar-refractivity contribution in [3.05, 3.63) is 84.4 Å². The number of halogens is 4. The number of alkyl halides is 4. The molecule has 4 rings (SSSR count). The van der Waals surface area contributed by atoms with Crippen LogP contribution < -0.4 is 15.4 Å². The molecule has 0 aliphatic carbocycles. The highest BCUT2D eigenvalue weighted by Gasteiger charge is 2.44. The van der Waals surface area contributed by atoms with E-state index in [1.807, 2.05) is 6.92 Å². The molecule has 2 N–H and O–H groups in total. The number of rotatable bonds is 8. The van der Waals surface area contributed by atoms with E-state index in [1.165, 1.54) is 12.1 Å². The number of ether oxygens (including phenoxy) is 1. The van der Waals surface area contributed by atoms with Crippen LogP contribution in [-0.2, 0) is 0 Å². The van der Waals surface area contributed by atoms with Crippen LogP contribution in [0.3, 0.4) is 0 Å². The number of anilines is 3. The lowest BCUT2D eigenvalue weighted by Crippen LogP contribution is -2.33. The Morgan fingerprint density at radius 3 is 2.58 bits per heavy atom. The molecule has 0 atom stereocenters. The van der Waals surface area contributed by atoms with Crippen molar-refractivity contribution in [2.45, 2.75) is 19.5 Å². The van der Waals surface area contributed by atoms with Crippen molar-refractivity contribution >= 4 is 23.2 Å². The average Bonchev–Trinajstić information content (AvgIpc) is 2.86. The van der Waals surface area contributed by atoms with Gasteiger partial charge in [-0.05, 0) is 48.9 Å². The molecule has 0 bridgehead atoms. The molecule has 184 valence electrons. The van der Waals surface area contributed by atoms with E-state index in [1.54, 1.807) is 49.1 Å². The zero-order valence-corrected chi connectivity index (χ0v) is 18.6. The summed E-state index contributed by atoms with van der Waals surface area (Å²) in [4.78, 5) is 29.5. The summed E-state index contributed by atoms with van der Waals surface area (Å²) in [5, 5.41) is 5.72. The molecule has 0 aliphatic heterocycles. The van der Waals surface area contributed by atoms with Gasteiger partial charge in [0.1, 0.15) is 11.4 Å². The number of benzene rings is 2. The Kier molecular flexibility index (Phi) is 7.04. The molecule has 2 aromatic carbocycles. The second-order valence-electron chi connectivity index (χ2n) is 7.46. The van der Waals surface area contributed by atoms with Gasteiger partial charge in [-0.25, -0.2) is 9.97 Å². The van der Waals surface area contributed by atoms with Crippen molar-refractivity contribution in [3.8, 4) is 17.1 Å². The molecule has 0 fully saturated rings. The fourth-order valence-electron chi connectivity index (χ4n) is 3.05. The van der Waals surface area contributed by atoms with Crippen molar-refractivity contribution < 1.29 is 27.1 Å². The number of nitrogens with one attached hydrogen (secondary N) is 2. The maximum absolute atomic E-state index is 13.2. The van der Waals surface area contributed by atoms with Crippen LogP contribution >= 0.6 is 0 Å². The number of amides is 1. The fraction of sp³-hybridized carbons (Fsp3) is 0.125. The number of aryl methyl sites for hydroxylation is 1. The zero-order chi connectivity index (χ0) is 25.7. The van der Waals surface area contributed by atoms with Gasteiger partial charge in [-0.3, -0.25) is 14.8 Å². The number of aromatic nitrogens is 4. The van der Waals surface area contributed by atoms with E-state index < -0.39 is 24.2 Å². The van der Waals surface area contributed by atoms with Gasteiger partial charge >= 0.3 is 12.5 Å². The van der Waals surface area contributed by atoms with E-state index in [4.69, 9.17) is 0 Å². The number of hydrogen-bond acceptors (Lipinski definition) is 7. The number of hydrogen-bond donors (Lipinski definition) is 2. The first-order valence-corrected chi connectivity index (χ1v) is 10.4. The van der Waals surface area contributed by atoms with Crippen molar-refractivity contribution in [1.29, 1.82) is 0 Å². The Hall–Kier alpha value is -4.61. The van der Waals surface area contributed by atoms with Gasteiger partial charge in [-0.2, -0.15) is 17.6 Å². The van der Waals surface area contributed by atoms with Crippen LogP contribution in [0.4, 0.5) is 34.9 Å². The summed E-state index contributed by atoms with van der Waals surface area (Å²) >= 11 is 0. The van der Waals surface area contributed by atoms with E-state index >= 15 is 0 Å². The molecule has 4 aromatic rings. The van der Waals surface area contributed by atoms with Crippen molar-refractivity contribution in [1.82, 2.24) is 19.9 Å². The lowest BCUT2D eigenvalue weighted by Gasteiger charge is -2.17. The summed E-state index contributed by atoms with van der Waals surface area (Å²) in [6, 6.07) is 11.3. The Morgan fingerprint density at radius 1 is 1.00 bits per heavy atom. The summed E-state index contributed by atoms with van der Waals surface area (Å²) in [6.07, 6.45) is -2.46. The molecule has 0 saturated carbocycles. The topological polar surface area (TPSA) is 102 Å². The minimum Gasteiger partial charge on any atom is -0.428 e. The third-order valence-corrected chi connectivity index (χ3v) is 4.83. The lowest BCUT2D eigenvalue weighted by molar-refractivity contribution is -0.253. The van der Waals surface area contributed by atoms with Gasteiger partial charge in [-0.15, -0.1) is 0 Å². The highest BCUT2D eigenvalue weighted by atomic mass is 19.3. The maximum Gasteiger partial charge on any atom is 0.461 e. The molecule has 0 saturated heterocycles. The summed E-state index contributed by atoms with van der Waals surface area (Å²) in [5.74, 6) is -0.939. The molecule has 0 unspecified atom stereocenters. The first-order chi connectivity index (χ1) is 17.2. The summed E-state index contributed by atoms with van der Waals surface area (Å²) in [6.45, 7) is 1.84. The maximum atomic E-state index is 13.2. The van der Waals surface area contributed by atoms with Crippen LogP contribution in [0.1, 0.15) is 15.9 Å². The van der Waals surface area contributed by atoms with Gasteiger partial charge in [0.05, 0.1) is 11.9 Å².